The number of rotatable bonds is 9. The van der Waals surface area contributed by atoms with Gasteiger partial charge in [0.2, 0.25) is 0 Å². The number of hydrogen-bond acceptors (Lipinski definition) is 4. The van der Waals surface area contributed by atoms with E-state index in [1.54, 1.807) is 13.3 Å². The first-order valence-electron chi connectivity index (χ1n) is 10.2. The van der Waals surface area contributed by atoms with Gasteiger partial charge in [-0.05, 0) is 35.9 Å². The number of hydrogen-bond donors (Lipinski definition) is 1. The van der Waals surface area contributed by atoms with Crippen molar-refractivity contribution in [2.75, 3.05) is 13.7 Å². The van der Waals surface area contributed by atoms with E-state index in [-0.39, 0.29) is 5.91 Å². The number of nitrogens with zero attached hydrogens (tertiary/aromatic N) is 2. The minimum atomic E-state index is -0.160. The molecule has 0 saturated carbocycles. The summed E-state index contributed by atoms with van der Waals surface area (Å²) in [7, 11) is 1.65. The Balaban J connectivity index is 1.61. The van der Waals surface area contributed by atoms with Crippen LogP contribution < -0.4 is 10.1 Å². The number of nitrogens with one attached hydrogen (secondary N) is 1. The molecule has 6 heteroatoms. The van der Waals surface area contributed by atoms with Crippen molar-refractivity contribution in [3.8, 4) is 5.75 Å². The highest BCUT2D eigenvalue weighted by Gasteiger charge is 2.18. The lowest BCUT2D eigenvalue weighted by Crippen LogP contribution is -2.26. The molecule has 6 nitrogen and oxygen atoms in total. The number of methoxy groups -OCH3 is 1. The van der Waals surface area contributed by atoms with E-state index in [9.17, 15) is 4.79 Å². The average Bonchev–Trinajstić information content (AvgIpc) is 3.20. The van der Waals surface area contributed by atoms with Crippen molar-refractivity contribution in [2.45, 2.75) is 19.7 Å². The third-order valence-corrected chi connectivity index (χ3v) is 5.05. The van der Waals surface area contributed by atoms with E-state index in [4.69, 9.17) is 9.47 Å². The van der Waals surface area contributed by atoms with Crippen molar-refractivity contribution in [1.29, 1.82) is 0 Å². The molecular formula is C25H25N3O3. The van der Waals surface area contributed by atoms with Crippen molar-refractivity contribution < 1.29 is 14.3 Å². The van der Waals surface area contributed by atoms with Gasteiger partial charge in [-0.15, -0.1) is 0 Å². The lowest BCUT2D eigenvalue weighted by molar-refractivity contribution is 0.0939. The zero-order chi connectivity index (χ0) is 21.5. The molecule has 0 aliphatic carbocycles. The molecule has 0 fully saturated rings. The second kappa shape index (κ2) is 9.91. The molecule has 0 unspecified atom stereocenters. The summed E-state index contributed by atoms with van der Waals surface area (Å²) in [4.78, 5) is 17.3. The number of amides is 1. The zero-order valence-corrected chi connectivity index (χ0v) is 17.5. The summed E-state index contributed by atoms with van der Waals surface area (Å²) in [6.45, 7) is 1.89. The molecule has 4 rings (SSSR count). The van der Waals surface area contributed by atoms with Crippen LogP contribution in [-0.2, 0) is 24.4 Å². The molecule has 2 heterocycles. The molecule has 0 spiro atoms. The summed E-state index contributed by atoms with van der Waals surface area (Å²) >= 11 is 0. The van der Waals surface area contributed by atoms with Gasteiger partial charge in [0.1, 0.15) is 18.1 Å². The van der Waals surface area contributed by atoms with E-state index in [2.05, 4.69) is 10.3 Å². The van der Waals surface area contributed by atoms with Gasteiger partial charge in [-0.1, -0.05) is 42.5 Å². The van der Waals surface area contributed by atoms with Gasteiger partial charge in [0.15, 0.2) is 0 Å². The smallest absolute Gasteiger partial charge is 0.268 e. The van der Waals surface area contributed by atoms with Crippen LogP contribution in [0.5, 0.6) is 5.75 Å². The van der Waals surface area contributed by atoms with Crippen LogP contribution in [-0.4, -0.2) is 29.2 Å². The Bertz CT molecular complexity index is 1140. The molecular weight excluding hydrogens is 390 g/mol. The molecule has 0 saturated heterocycles. The highest BCUT2D eigenvalue weighted by Crippen LogP contribution is 2.30. The van der Waals surface area contributed by atoms with Crippen molar-refractivity contribution in [3.05, 3.63) is 95.9 Å². The lowest BCUT2D eigenvalue weighted by atomic mass is 10.2. The Morgan fingerprint density at radius 2 is 1.87 bits per heavy atom. The van der Waals surface area contributed by atoms with Crippen molar-refractivity contribution in [1.82, 2.24) is 14.9 Å². The predicted molar refractivity (Wildman–Crippen MR) is 120 cm³/mol. The second-order valence-corrected chi connectivity index (χ2v) is 7.14. The highest BCUT2D eigenvalue weighted by molar-refractivity contribution is 6.00. The quantitative estimate of drug-likeness (QED) is 0.445. The van der Waals surface area contributed by atoms with Crippen molar-refractivity contribution in [2.24, 2.45) is 0 Å². The molecule has 1 N–H and O–H groups in total. The van der Waals surface area contributed by atoms with Gasteiger partial charge < -0.3 is 19.4 Å². The number of benzene rings is 2. The van der Waals surface area contributed by atoms with Crippen LogP contribution >= 0.6 is 0 Å². The SMILES string of the molecule is COCCn1c(C(=O)NCc2ccccn2)cc2c(OCc3ccccc3)cccc21. The number of carbonyl (C=O) groups excluding carboxylic acids is 1. The van der Waals surface area contributed by atoms with Crippen LogP contribution in [0.2, 0.25) is 0 Å². The fourth-order valence-corrected chi connectivity index (χ4v) is 3.49. The van der Waals surface area contributed by atoms with E-state index in [0.29, 0.717) is 32.0 Å². The van der Waals surface area contributed by atoms with E-state index in [1.807, 2.05) is 77.4 Å². The summed E-state index contributed by atoms with van der Waals surface area (Å²) in [6, 6.07) is 23.4. The van der Waals surface area contributed by atoms with Crippen LogP contribution in [0.1, 0.15) is 21.7 Å². The molecule has 4 aromatic rings. The molecule has 2 aromatic carbocycles. The maximum atomic E-state index is 13.0. The largest absolute Gasteiger partial charge is 0.488 e. The van der Waals surface area contributed by atoms with Gasteiger partial charge in [0.25, 0.3) is 5.91 Å². The average molecular weight is 415 g/mol. The summed E-state index contributed by atoms with van der Waals surface area (Å²) in [5.41, 5.74) is 3.40. The first-order valence-corrected chi connectivity index (χ1v) is 10.2. The van der Waals surface area contributed by atoms with E-state index in [1.165, 1.54) is 0 Å². The summed E-state index contributed by atoms with van der Waals surface area (Å²) in [6.07, 6.45) is 1.72. The Morgan fingerprint density at radius 1 is 1.03 bits per heavy atom. The standard InChI is InChI=1S/C25H25N3O3/c1-30-15-14-28-22-11-7-12-24(31-18-19-8-3-2-4-9-19)21(22)16-23(28)25(29)27-17-20-10-5-6-13-26-20/h2-13,16H,14-15,17-18H2,1H3,(H,27,29). The number of ether oxygens (including phenoxy) is 2. The van der Waals surface area contributed by atoms with Gasteiger partial charge in [-0.2, -0.15) is 0 Å². The maximum Gasteiger partial charge on any atom is 0.268 e. The normalized spacial score (nSPS) is 10.9. The van der Waals surface area contributed by atoms with E-state index >= 15 is 0 Å². The maximum absolute atomic E-state index is 13.0. The molecule has 31 heavy (non-hydrogen) atoms. The third kappa shape index (κ3) is 4.92. The number of carbonyl (C=O) groups is 1. The second-order valence-electron chi connectivity index (χ2n) is 7.14. The molecule has 0 aliphatic rings. The Kier molecular flexibility index (Phi) is 6.59. The van der Waals surface area contributed by atoms with Crippen LogP contribution in [0.25, 0.3) is 10.9 Å². The van der Waals surface area contributed by atoms with Crippen molar-refractivity contribution >= 4 is 16.8 Å². The highest BCUT2D eigenvalue weighted by atomic mass is 16.5. The number of pyridine rings is 1. The molecule has 0 bridgehead atoms. The minimum Gasteiger partial charge on any atom is -0.488 e. The Morgan fingerprint density at radius 3 is 2.65 bits per heavy atom. The van der Waals surface area contributed by atoms with Crippen LogP contribution in [0.4, 0.5) is 0 Å². The number of fused-ring (bicyclic) bond motifs is 1. The van der Waals surface area contributed by atoms with E-state index in [0.717, 1.165) is 27.9 Å². The lowest BCUT2D eigenvalue weighted by Gasteiger charge is -2.11. The topological polar surface area (TPSA) is 65.4 Å². The summed E-state index contributed by atoms with van der Waals surface area (Å²) in [5, 5.41) is 3.87. The van der Waals surface area contributed by atoms with Gasteiger partial charge in [-0.3, -0.25) is 9.78 Å². The van der Waals surface area contributed by atoms with Crippen LogP contribution in [0.3, 0.4) is 0 Å². The molecule has 0 radical (unpaired) electrons. The molecule has 0 atom stereocenters. The van der Waals surface area contributed by atoms with Crippen LogP contribution in [0.15, 0.2) is 79.0 Å². The van der Waals surface area contributed by atoms with Gasteiger partial charge in [-0.25, -0.2) is 0 Å². The molecule has 1 amide bonds. The Hall–Kier alpha value is -3.64. The minimum absolute atomic E-state index is 0.160. The summed E-state index contributed by atoms with van der Waals surface area (Å²) in [5.74, 6) is 0.586. The zero-order valence-electron chi connectivity index (χ0n) is 17.5. The van der Waals surface area contributed by atoms with Crippen LogP contribution in [0, 0.1) is 0 Å². The van der Waals surface area contributed by atoms with E-state index < -0.39 is 0 Å². The molecule has 2 aromatic heterocycles. The third-order valence-electron chi connectivity index (χ3n) is 5.05. The fourth-order valence-electron chi connectivity index (χ4n) is 3.49. The van der Waals surface area contributed by atoms with Gasteiger partial charge >= 0.3 is 0 Å². The van der Waals surface area contributed by atoms with Gasteiger partial charge in [0, 0.05) is 25.2 Å². The number of aromatic nitrogens is 2. The first kappa shape index (κ1) is 20.6. The Labute approximate surface area is 181 Å². The van der Waals surface area contributed by atoms with Crippen molar-refractivity contribution in [3.63, 3.8) is 0 Å². The molecule has 0 aliphatic heterocycles. The predicted octanol–water partition coefficient (Wildman–Crippen LogP) is 4.19. The summed E-state index contributed by atoms with van der Waals surface area (Å²) < 4.78 is 13.3. The fraction of sp³-hybridized carbons (Fsp3) is 0.200. The first-order chi connectivity index (χ1) is 15.3. The van der Waals surface area contributed by atoms with Gasteiger partial charge in [0.05, 0.1) is 24.4 Å². The monoisotopic (exact) mass is 415 g/mol. The molecule has 158 valence electrons.